The van der Waals surface area contributed by atoms with Crippen molar-refractivity contribution in [3.8, 4) is 0 Å². The number of carbonyl (C=O) groups excluding carboxylic acids is 2. The summed E-state index contributed by atoms with van der Waals surface area (Å²) in [6, 6.07) is 15.9. The summed E-state index contributed by atoms with van der Waals surface area (Å²) in [7, 11) is 0. The van der Waals surface area contributed by atoms with Gasteiger partial charge in [0.15, 0.2) is 0 Å². The Balaban J connectivity index is 0.000000132. The number of amides is 2. The van der Waals surface area contributed by atoms with Crippen LogP contribution in [0.3, 0.4) is 0 Å². The number of thiophene rings is 2. The maximum Gasteiger partial charge on any atom is 0.255 e. The van der Waals surface area contributed by atoms with Crippen LogP contribution in [0.1, 0.15) is 80.2 Å². The first-order chi connectivity index (χ1) is 19.5. The number of nitrogens with one attached hydrogen (secondary N) is 2. The van der Waals surface area contributed by atoms with Crippen LogP contribution in [0.4, 0.5) is 11.4 Å². The molecule has 0 saturated carbocycles. The molecule has 0 bridgehead atoms. The molecule has 0 fully saturated rings. The van der Waals surface area contributed by atoms with E-state index in [-0.39, 0.29) is 36.2 Å². The third-order valence-electron chi connectivity index (χ3n) is 8.24. The average molecular weight is 571 g/mol. The van der Waals surface area contributed by atoms with Crippen molar-refractivity contribution >= 4 is 45.9 Å². The van der Waals surface area contributed by atoms with Gasteiger partial charge in [0.1, 0.15) is 12.3 Å². The van der Waals surface area contributed by atoms with E-state index in [1.807, 2.05) is 47.2 Å². The highest BCUT2D eigenvalue weighted by molar-refractivity contribution is 7.08. The number of hydrogen-bond donors (Lipinski definition) is 4. The van der Waals surface area contributed by atoms with E-state index in [9.17, 15) is 9.59 Å². The van der Waals surface area contributed by atoms with E-state index in [2.05, 4.69) is 43.3 Å². The van der Waals surface area contributed by atoms with Crippen LogP contribution in [0.2, 0.25) is 0 Å². The molecule has 40 heavy (non-hydrogen) atoms. The van der Waals surface area contributed by atoms with Gasteiger partial charge in [0, 0.05) is 36.3 Å². The van der Waals surface area contributed by atoms with Crippen molar-refractivity contribution < 1.29 is 9.59 Å². The minimum Gasteiger partial charge on any atom is -0.346 e. The van der Waals surface area contributed by atoms with Gasteiger partial charge < -0.3 is 31.9 Å². The van der Waals surface area contributed by atoms with E-state index >= 15 is 0 Å². The van der Waals surface area contributed by atoms with Crippen molar-refractivity contribution in [3.63, 3.8) is 0 Å². The lowest BCUT2D eigenvalue weighted by Crippen LogP contribution is -2.49. The van der Waals surface area contributed by atoms with Crippen LogP contribution < -0.4 is 31.9 Å². The molecule has 204 valence electrons. The Bertz CT molecular complexity index is 1450. The first kappa shape index (κ1) is 25.3. The van der Waals surface area contributed by atoms with Crippen molar-refractivity contribution in [1.29, 1.82) is 0 Å². The molecular formula is C30H30N6O2S2. The lowest BCUT2D eigenvalue weighted by Gasteiger charge is -2.44. The van der Waals surface area contributed by atoms with Gasteiger partial charge in [-0.3, -0.25) is 9.59 Å². The normalized spacial score (nSPS) is 24.2. The number of hydrogen-bond acceptors (Lipinski definition) is 8. The van der Waals surface area contributed by atoms with Crippen LogP contribution >= 0.6 is 22.7 Å². The molecule has 8 nitrogen and oxygen atoms in total. The fourth-order valence-electron chi connectivity index (χ4n) is 6.28. The first-order valence-electron chi connectivity index (χ1n) is 13.5. The molecule has 0 spiro atoms. The minimum absolute atomic E-state index is 0.0107. The van der Waals surface area contributed by atoms with Crippen molar-refractivity contribution in [2.45, 2.75) is 37.3 Å². The molecule has 0 saturated heterocycles. The lowest BCUT2D eigenvalue weighted by atomic mass is 9.91. The Hall–Kier alpha value is -3.70. The number of anilines is 2. The second kappa shape index (κ2) is 10.0. The number of nitrogens with two attached hydrogens (primary N) is 2. The third-order valence-corrected chi connectivity index (χ3v) is 9.64. The van der Waals surface area contributed by atoms with Gasteiger partial charge in [-0.2, -0.15) is 22.7 Å². The quantitative estimate of drug-likeness (QED) is 0.275. The molecule has 2 aromatic heterocycles. The summed E-state index contributed by atoms with van der Waals surface area (Å²) in [6.07, 6.45) is 1.67. The monoisotopic (exact) mass is 570 g/mol. The van der Waals surface area contributed by atoms with Crippen LogP contribution in [-0.4, -0.2) is 24.9 Å². The van der Waals surface area contributed by atoms with E-state index in [0.717, 1.165) is 70.7 Å². The SMILES string of the molecule is N[C@@H]1CCN2c3c(cccc31)C(=O)N[C@H]2c1ccsc1.N[C@H]1CCN2c3c(cccc31)C(=O)N[C@@H]2c1ccsc1. The maximum atomic E-state index is 12.4. The molecule has 0 aliphatic carbocycles. The summed E-state index contributed by atoms with van der Waals surface area (Å²) in [5.74, 6) is -0.0215. The zero-order valence-corrected chi connectivity index (χ0v) is 23.4. The van der Waals surface area contributed by atoms with Crippen LogP contribution in [0, 0.1) is 0 Å². The highest BCUT2D eigenvalue weighted by Gasteiger charge is 2.38. The van der Waals surface area contributed by atoms with Crippen LogP contribution in [-0.2, 0) is 0 Å². The van der Waals surface area contributed by atoms with Gasteiger partial charge >= 0.3 is 0 Å². The second-order valence-electron chi connectivity index (χ2n) is 10.5. The molecule has 4 atom stereocenters. The number of benzene rings is 2. The molecule has 8 rings (SSSR count). The molecule has 6 N–H and O–H groups in total. The first-order valence-corrected chi connectivity index (χ1v) is 15.4. The number of nitrogens with zero attached hydrogens (tertiary/aromatic N) is 2. The second-order valence-corrected chi connectivity index (χ2v) is 12.1. The largest absolute Gasteiger partial charge is 0.346 e. The molecule has 2 aromatic carbocycles. The Labute approximate surface area is 240 Å². The van der Waals surface area contributed by atoms with Gasteiger partial charge in [-0.15, -0.1) is 0 Å². The summed E-state index contributed by atoms with van der Waals surface area (Å²) in [6.45, 7) is 1.73. The van der Waals surface area contributed by atoms with Gasteiger partial charge in [-0.1, -0.05) is 24.3 Å². The standard InChI is InChI=1S/2C15H15N3OS/c2*16-12-4-6-18-13-10(12)2-1-3-11(13)15(19)17-14(18)9-5-7-20-8-9/h2*1-3,5,7-8,12,14H,4,6,16H2,(H,17,19)/t2*12-,14-/m10/s1. The highest BCUT2D eigenvalue weighted by Crippen LogP contribution is 2.43. The van der Waals surface area contributed by atoms with E-state index < -0.39 is 0 Å². The Morgan fingerprint density at radius 1 is 0.675 bits per heavy atom. The lowest BCUT2D eigenvalue weighted by molar-refractivity contribution is 0.0916. The van der Waals surface area contributed by atoms with Crippen molar-refractivity contribution in [1.82, 2.24) is 10.6 Å². The summed E-state index contributed by atoms with van der Waals surface area (Å²) in [5.41, 5.74) is 20.4. The van der Waals surface area contributed by atoms with Crippen molar-refractivity contribution in [2.24, 2.45) is 11.5 Å². The smallest absolute Gasteiger partial charge is 0.255 e. The average Bonchev–Trinajstić information content (AvgIpc) is 3.71. The molecule has 6 heterocycles. The third kappa shape index (κ3) is 4.10. The molecular weight excluding hydrogens is 541 g/mol. The fraction of sp³-hybridized carbons (Fsp3) is 0.267. The molecule has 2 amide bonds. The maximum absolute atomic E-state index is 12.4. The van der Waals surface area contributed by atoms with Gasteiger partial charge in [-0.25, -0.2) is 0 Å². The minimum atomic E-state index is -0.0742. The van der Waals surface area contributed by atoms with Crippen LogP contribution in [0.25, 0.3) is 0 Å². The number of carbonyl (C=O) groups is 2. The topological polar surface area (TPSA) is 117 Å². The molecule has 4 aliphatic rings. The molecule has 0 unspecified atom stereocenters. The Morgan fingerprint density at radius 2 is 1.12 bits per heavy atom. The van der Waals surface area contributed by atoms with Gasteiger partial charge in [-0.05, 0) is 69.8 Å². The zero-order valence-electron chi connectivity index (χ0n) is 21.7. The molecule has 0 radical (unpaired) electrons. The predicted octanol–water partition coefficient (Wildman–Crippen LogP) is 4.80. The molecule has 4 aliphatic heterocycles. The number of rotatable bonds is 2. The molecule has 4 aromatic rings. The Morgan fingerprint density at radius 3 is 1.52 bits per heavy atom. The van der Waals surface area contributed by atoms with Crippen LogP contribution in [0.15, 0.2) is 70.1 Å². The predicted molar refractivity (Wildman–Crippen MR) is 160 cm³/mol. The van der Waals surface area contributed by atoms with E-state index in [0.29, 0.717) is 0 Å². The Kier molecular flexibility index (Phi) is 6.35. The summed E-state index contributed by atoms with van der Waals surface area (Å²) >= 11 is 3.30. The van der Waals surface area contributed by atoms with Gasteiger partial charge in [0.2, 0.25) is 0 Å². The van der Waals surface area contributed by atoms with E-state index in [1.165, 1.54) is 0 Å². The number of para-hydroxylation sites is 2. The van der Waals surface area contributed by atoms with E-state index in [4.69, 9.17) is 11.5 Å². The summed E-state index contributed by atoms with van der Waals surface area (Å²) in [4.78, 5) is 29.3. The summed E-state index contributed by atoms with van der Waals surface area (Å²) in [5, 5.41) is 14.5. The zero-order chi connectivity index (χ0) is 27.4. The van der Waals surface area contributed by atoms with Crippen molar-refractivity contribution in [3.05, 3.63) is 103 Å². The fourth-order valence-corrected chi connectivity index (χ4v) is 7.64. The molecule has 10 heteroatoms. The summed E-state index contributed by atoms with van der Waals surface area (Å²) < 4.78 is 0. The van der Waals surface area contributed by atoms with Gasteiger partial charge in [0.25, 0.3) is 11.8 Å². The van der Waals surface area contributed by atoms with Crippen LogP contribution in [0.5, 0.6) is 0 Å². The highest BCUT2D eigenvalue weighted by atomic mass is 32.1. The van der Waals surface area contributed by atoms with Gasteiger partial charge in [0.05, 0.1) is 22.5 Å². The van der Waals surface area contributed by atoms with Crippen molar-refractivity contribution in [2.75, 3.05) is 22.9 Å². The van der Waals surface area contributed by atoms with E-state index in [1.54, 1.807) is 22.7 Å².